The highest BCUT2D eigenvalue weighted by Gasteiger charge is 2.51. The minimum Gasteiger partial charge on any atom is -0.368 e. The zero-order chi connectivity index (χ0) is 42.2. The lowest BCUT2D eigenvalue weighted by molar-refractivity contribution is -0.380. The smallest absolute Gasteiger partial charge is 0.189 e. The fourth-order valence-electron chi connectivity index (χ4n) is 7.80. The summed E-state index contributed by atoms with van der Waals surface area (Å²) in [7, 11) is 0. The predicted octanol–water partition coefficient (Wildman–Crippen LogP) is 9.62. The van der Waals surface area contributed by atoms with Gasteiger partial charge in [-0.05, 0) is 40.3 Å². The second-order valence-electron chi connectivity index (χ2n) is 15.7. The molecule has 0 aliphatic carbocycles. The molecule has 9 heteroatoms. The van der Waals surface area contributed by atoms with Gasteiger partial charge in [0.15, 0.2) is 12.6 Å². The lowest BCUT2D eigenvalue weighted by Gasteiger charge is -2.48. The molecule has 8 rings (SSSR count). The molecule has 2 saturated heterocycles. The van der Waals surface area contributed by atoms with E-state index in [-0.39, 0.29) is 13.2 Å². The molecule has 0 aromatic heterocycles. The van der Waals surface area contributed by atoms with Crippen molar-refractivity contribution in [2.24, 2.45) is 0 Å². The Morgan fingerprint density at radius 2 is 0.661 bits per heavy atom. The lowest BCUT2D eigenvalue weighted by Crippen LogP contribution is -2.63. The van der Waals surface area contributed by atoms with Crippen LogP contribution in [0, 0.1) is 0 Å². The lowest BCUT2D eigenvalue weighted by atomic mass is 9.98. The van der Waals surface area contributed by atoms with Gasteiger partial charge in [0.2, 0.25) is 0 Å². The van der Waals surface area contributed by atoms with E-state index >= 15 is 0 Å². The van der Waals surface area contributed by atoms with E-state index in [1.807, 2.05) is 189 Å². The van der Waals surface area contributed by atoms with Gasteiger partial charge < -0.3 is 42.6 Å². The maximum atomic E-state index is 7.03. The summed E-state index contributed by atoms with van der Waals surface area (Å²) in [5, 5.41) is 0. The van der Waals surface area contributed by atoms with Gasteiger partial charge in [-0.25, -0.2) is 0 Å². The third-order valence-electron chi connectivity index (χ3n) is 11.1. The summed E-state index contributed by atoms with van der Waals surface area (Å²) < 4.78 is 61.2. The average molecular weight is 837 g/mol. The van der Waals surface area contributed by atoms with Crippen LogP contribution in [-0.2, 0) is 82.3 Å². The standard InChI is InChI=1S/C53H56O9/c1-39-47(55-33-41-22-10-3-11-23-41)49(57-35-43-26-14-5-15-27-43)51(59-37-45-30-18-7-19-31-45)53(61-39)62-52-50(58-36-44-28-16-6-17-29-44)48(56-34-42-24-12-4-13-25-42)46(38-60-52)54-32-40-20-8-2-9-21-40/h2-31,39,46-53H,32-38H2,1H3/t39-,46+,47-,48-,49+,50+,51+,52+,53+/m0/s1. The first kappa shape index (κ1) is 43.6. The Morgan fingerprint density at radius 3 is 1.05 bits per heavy atom. The summed E-state index contributed by atoms with van der Waals surface area (Å²) in [6.45, 7) is 4.17. The summed E-state index contributed by atoms with van der Waals surface area (Å²) in [6.07, 6.45) is -6.00. The van der Waals surface area contributed by atoms with Crippen LogP contribution in [0.5, 0.6) is 0 Å². The van der Waals surface area contributed by atoms with Crippen molar-refractivity contribution in [1.29, 1.82) is 0 Å². The van der Waals surface area contributed by atoms with E-state index in [0.29, 0.717) is 33.0 Å². The van der Waals surface area contributed by atoms with Crippen LogP contribution in [0.2, 0.25) is 0 Å². The van der Waals surface area contributed by atoms with E-state index in [1.165, 1.54) is 0 Å². The monoisotopic (exact) mass is 836 g/mol. The summed E-state index contributed by atoms with van der Waals surface area (Å²) in [5.41, 5.74) is 6.14. The van der Waals surface area contributed by atoms with Gasteiger partial charge in [-0.15, -0.1) is 0 Å². The predicted molar refractivity (Wildman–Crippen MR) is 235 cm³/mol. The van der Waals surface area contributed by atoms with Crippen molar-refractivity contribution < 1.29 is 42.6 Å². The quantitative estimate of drug-likeness (QED) is 0.0747. The number of benzene rings is 6. The molecular formula is C53H56O9. The molecule has 2 fully saturated rings. The zero-order valence-electron chi connectivity index (χ0n) is 35.1. The van der Waals surface area contributed by atoms with Crippen LogP contribution in [-0.4, -0.2) is 61.9 Å². The first-order valence-corrected chi connectivity index (χ1v) is 21.5. The van der Waals surface area contributed by atoms with E-state index in [2.05, 4.69) is 0 Å². The molecule has 9 nitrogen and oxygen atoms in total. The Hall–Kier alpha value is -5.04. The fraction of sp³-hybridized carbons (Fsp3) is 0.321. The Balaban J connectivity index is 1.10. The summed E-state index contributed by atoms with van der Waals surface area (Å²) in [4.78, 5) is 0. The minimum absolute atomic E-state index is 0.191. The van der Waals surface area contributed by atoms with E-state index in [1.54, 1.807) is 0 Å². The van der Waals surface area contributed by atoms with Crippen LogP contribution in [0.25, 0.3) is 0 Å². The van der Waals surface area contributed by atoms with Gasteiger partial charge in [-0.1, -0.05) is 182 Å². The molecule has 0 amide bonds. The van der Waals surface area contributed by atoms with Gasteiger partial charge in [-0.2, -0.15) is 0 Å². The van der Waals surface area contributed by atoms with Crippen molar-refractivity contribution in [1.82, 2.24) is 0 Å². The van der Waals surface area contributed by atoms with Crippen molar-refractivity contribution in [2.45, 2.75) is 102 Å². The van der Waals surface area contributed by atoms with Crippen LogP contribution in [0.1, 0.15) is 40.3 Å². The molecule has 2 aliphatic heterocycles. The number of hydrogen-bond donors (Lipinski definition) is 0. The first-order chi connectivity index (χ1) is 30.7. The third-order valence-corrected chi connectivity index (χ3v) is 11.1. The van der Waals surface area contributed by atoms with E-state index in [4.69, 9.17) is 42.6 Å². The molecule has 2 aliphatic rings. The Morgan fingerprint density at radius 1 is 0.355 bits per heavy atom. The van der Waals surface area contributed by atoms with Gasteiger partial charge in [0.1, 0.15) is 36.6 Å². The van der Waals surface area contributed by atoms with Gasteiger partial charge in [0.25, 0.3) is 0 Å². The first-order valence-electron chi connectivity index (χ1n) is 21.5. The van der Waals surface area contributed by atoms with Gasteiger partial charge in [0, 0.05) is 0 Å². The van der Waals surface area contributed by atoms with Crippen LogP contribution >= 0.6 is 0 Å². The summed E-state index contributed by atoms with van der Waals surface area (Å²) in [6, 6.07) is 60.5. The van der Waals surface area contributed by atoms with Crippen molar-refractivity contribution >= 4 is 0 Å². The highest BCUT2D eigenvalue weighted by Crippen LogP contribution is 2.35. The molecule has 322 valence electrons. The molecule has 2 heterocycles. The molecule has 0 radical (unpaired) electrons. The summed E-state index contributed by atoms with van der Waals surface area (Å²) >= 11 is 0. The van der Waals surface area contributed by atoms with Crippen LogP contribution in [0.15, 0.2) is 182 Å². The second-order valence-corrected chi connectivity index (χ2v) is 15.7. The molecule has 9 atom stereocenters. The SMILES string of the molecule is C[C@@H]1O[C@H](O[C@H]2OC[C@@H](OCc3ccccc3)[C@H](OCc3ccccc3)[C@H]2OCc2ccccc2)[C@H](OCc2ccccc2)[C@H](OCc2ccccc2)[C@H]1OCc1ccccc1. The molecule has 0 spiro atoms. The minimum atomic E-state index is -0.949. The van der Waals surface area contributed by atoms with Gasteiger partial charge in [-0.3, -0.25) is 0 Å². The molecule has 0 N–H and O–H groups in total. The van der Waals surface area contributed by atoms with Crippen molar-refractivity contribution in [2.75, 3.05) is 6.61 Å². The Labute approximate surface area is 365 Å². The highest BCUT2D eigenvalue weighted by molar-refractivity contribution is 5.18. The maximum absolute atomic E-state index is 7.03. The topological polar surface area (TPSA) is 83.1 Å². The largest absolute Gasteiger partial charge is 0.368 e. The second kappa shape index (κ2) is 22.9. The molecule has 0 bridgehead atoms. The van der Waals surface area contributed by atoms with Crippen molar-refractivity contribution in [3.8, 4) is 0 Å². The fourth-order valence-corrected chi connectivity index (χ4v) is 7.80. The van der Waals surface area contributed by atoms with Gasteiger partial charge >= 0.3 is 0 Å². The molecule has 6 aromatic rings. The Bertz CT molecular complexity index is 2130. The molecule has 6 aromatic carbocycles. The molecule has 62 heavy (non-hydrogen) atoms. The van der Waals surface area contributed by atoms with Crippen LogP contribution < -0.4 is 0 Å². The molecule has 0 saturated carbocycles. The zero-order valence-corrected chi connectivity index (χ0v) is 35.1. The molecular weight excluding hydrogens is 781 g/mol. The summed E-state index contributed by atoms with van der Waals surface area (Å²) in [5.74, 6) is 0. The van der Waals surface area contributed by atoms with Crippen molar-refractivity contribution in [3.05, 3.63) is 215 Å². The number of ether oxygens (including phenoxy) is 9. The molecule has 0 unspecified atom stereocenters. The van der Waals surface area contributed by atoms with Crippen molar-refractivity contribution in [3.63, 3.8) is 0 Å². The van der Waals surface area contributed by atoms with E-state index < -0.39 is 55.3 Å². The number of hydrogen-bond acceptors (Lipinski definition) is 9. The maximum Gasteiger partial charge on any atom is 0.189 e. The third kappa shape index (κ3) is 12.3. The normalized spacial score (nSPS) is 25.0. The highest BCUT2D eigenvalue weighted by atomic mass is 16.8. The average Bonchev–Trinajstić information content (AvgIpc) is 3.33. The number of rotatable bonds is 20. The van der Waals surface area contributed by atoms with Crippen LogP contribution in [0.4, 0.5) is 0 Å². The van der Waals surface area contributed by atoms with Gasteiger partial charge in [0.05, 0.1) is 52.4 Å². The Kier molecular flexibility index (Phi) is 16.1. The van der Waals surface area contributed by atoms with E-state index in [0.717, 1.165) is 33.4 Å². The van der Waals surface area contributed by atoms with Crippen LogP contribution in [0.3, 0.4) is 0 Å². The van der Waals surface area contributed by atoms with E-state index in [9.17, 15) is 0 Å².